The van der Waals surface area contributed by atoms with Crippen LogP contribution in [0.4, 0.5) is 0 Å². The van der Waals surface area contributed by atoms with E-state index in [1.54, 1.807) is 0 Å². The quantitative estimate of drug-likeness (QED) is 0.708. The van der Waals surface area contributed by atoms with Crippen molar-refractivity contribution in [3.8, 4) is 0 Å². The molecule has 0 bridgehead atoms. The third-order valence-corrected chi connectivity index (χ3v) is 4.88. The van der Waals surface area contributed by atoms with Gasteiger partial charge in [-0.15, -0.1) is 0 Å². The van der Waals surface area contributed by atoms with Gasteiger partial charge in [0, 0.05) is 0 Å². The normalized spacial score (nSPS) is 18.9. The predicted octanol–water partition coefficient (Wildman–Crippen LogP) is 1.74. The van der Waals surface area contributed by atoms with E-state index >= 15 is 0 Å². The van der Waals surface area contributed by atoms with Gasteiger partial charge in [-0.1, -0.05) is 39.0 Å². The summed E-state index contributed by atoms with van der Waals surface area (Å²) in [6, 6.07) is -0.983. The highest BCUT2D eigenvalue weighted by molar-refractivity contribution is 7.89. The molecule has 5 nitrogen and oxygen atoms in total. The van der Waals surface area contributed by atoms with Crippen molar-refractivity contribution in [2.24, 2.45) is 5.92 Å². The monoisotopic (exact) mass is 277 g/mol. The molecule has 0 saturated heterocycles. The van der Waals surface area contributed by atoms with E-state index in [-0.39, 0.29) is 5.75 Å². The van der Waals surface area contributed by atoms with Crippen LogP contribution in [-0.4, -0.2) is 31.3 Å². The Hall–Kier alpha value is -0.620. The number of carboxylic acid groups (broad SMARTS) is 1. The lowest BCUT2D eigenvalue weighted by Crippen LogP contribution is -2.41. The molecule has 1 fully saturated rings. The molecule has 0 spiro atoms. The summed E-state index contributed by atoms with van der Waals surface area (Å²) in [4.78, 5) is 10.9. The molecular formula is C12H23NO4S. The predicted molar refractivity (Wildman–Crippen MR) is 69.8 cm³/mol. The second kappa shape index (κ2) is 7.09. The number of hydrogen-bond donors (Lipinski definition) is 2. The first-order valence-corrected chi connectivity index (χ1v) is 8.32. The maximum atomic E-state index is 11.8. The van der Waals surface area contributed by atoms with Gasteiger partial charge in [0.05, 0.1) is 5.75 Å². The van der Waals surface area contributed by atoms with Crippen molar-refractivity contribution in [3.05, 3.63) is 0 Å². The molecule has 18 heavy (non-hydrogen) atoms. The Morgan fingerprint density at radius 2 is 2.00 bits per heavy atom. The van der Waals surface area contributed by atoms with Crippen LogP contribution in [-0.2, 0) is 14.8 Å². The number of rotatable bonds is 8. The molecule has 1 aliphatic carbocycles. The van der Waals surface area contributed by atoms with Crippen LogP contribution in [0.2, 0.25) is 0 Å². The first-order chi connectivity index (χ1) is 8.44. The fraction of sp³-hybridized carbons (Fsp3) is 0.917. The zero-order chi connectivity index (χ0) is 13.6. The highest BCUT2D eigenvalue weighted by atomic mass is 32.2. The van der Waals surface area contributed by atoms with E-state index < -0.39 is 22.0 Å². The van der Waals surface area contributed by atoms with Crippen LogP contribution in [0.15, 0.2) is 0 Å². The van der Waals surface area contributed by atoms with Crippen LogP contribution < -0.4 is 4.72 Å². The first-order valence-electron chi connectivity index (χ1n) is 6.67. The highest BCUT2D eigenvalue weighted by Crippen LogP contribution is 2.27. The van der Waals surface area contributed by atoms with E-state index in [0.29, 0.717) is 25.2 Å². The molecule has 1 unspecified atom stereocenters. The van der Waals surface area contributed by atoms with Crippen molar-refractivity contribution < 1.29 is 18.3 Å². The maximum Gasteiger partial charge on any atom is 0.321 e. The molecule has 0 aromatic rings. The minimum absolute atomic E-state index is 0.0468. The minimum Gasteiger partial charge on any atom is -0.480 e. The number of sulfonamides is 1. The molecule has 106 valence electrons. The third-order valence-electron chi connectivity index (χ3n) is 3.47. The Kier molecular flexibility index (Phi) is 6.08. The fourth-order valence-electron chi connectivity index (χ4n) is 2.42. The first kappa shape index (κ1) is 15.4. The summed E-state index contributed by atoms with van der Waals surface area (Å²) in [5.41, 5.74) is 0. The summed E-state index contributed by atoms with van der Waals surface area (Å²) in [5, 5.41) is 8.92. The molecule has 0 radical (unpaired) electrons. The Morgan fingerprint density at radius 1 is 1.39 bits per heavy atom. The molecule has 0 amide bonds. The van der Waals surface area contributed by atoms with Crippen molar-refractivity contribution >= 4 is 16.0 Å². The molecule has 1 saturated carbocycles. The number of hydrogen-bond acceptors (Lipinski definition) is 3. The van der Waals surface area contributed by atoms with Gasteiger partial charge < -0.3 is 5.11 Å². The lowest BCUT2D eigenvalue weighted by Gasteiger charge is -2.15. The van der Waals surface area contributed by atoms with E-state index in [2.05, 4.69) is 4.72 Å². The van der Waals surface area contributed by atoms with Crippen LogP contribution in [0.3, 0.4) is 0 Å². The van der Waals surface area contributed by atoms with Gasteiger partial charge in [0.1, 0.15) is 6.04 Å². The average Bonchev–Trinajstić information content (AvgIpc) is 2.78. The Bertz CT molecular complexity index is 360. The van der Waals surface area contributed by atoms with Crippen molar-refractivity contribution in [2.45, 2.75) is 57.9 Å². The van der Waals surface area contributed by atoms with Gasteiger partial charge in [0.25, 0.3) is 0 Å². The molecule has 0 aromatic heterocycles. The van der Waals surface area contributed by atoms with Gasteiger partial charge in [-0.25, -0.2) is 13.1 Å². The van der Waals surface area contributed by atoms with Crippen LogP contribution in [0, 0.1) is 5.92 Å². The summed E-state index contributed by atoms with van der Waals surface area (Å²) in [6.07, 6.45) is 6.20. The molecular weight excluding hydrogens is 254 g/mol. The van der Waals surface area contributed by atoms with E-state index in [4.69, 9.17) is 5.11 Å². The smallest absolute Gasteiger partial charge is 0.321 e. The zero-order valence-corrected chi connectivity index (χ0v) is 11.7. The minimum atomic E-state index is -3.47. The van der Waals surface area contributed by atoms with Gasteiger partial charge in [0.15, 0.2) is 0 Å². The largest absolute Gasteiger partial charge is 0.480 e. The summed E-state index contributed by atoms with van der Waals surface area (Å²) in [7, 11) is -3.47. The van der Waals surface area contributed by atoms with Crippen LogP contribution in [0.5, 0.6) is 0 Å². The maximum absolute atomic E-state index is 11.8. The van der Waals surface area contributed by atoms with Crippen molar-refractivity contribution in [3.63, 3.8) is 0 Å². The van der Waals surface area contributed by atoms with Crippen molar-refractivity contribution in [1.82, 2.24) is 4.72 Å². The van der Waals surface area contributed by atoms with Crippen LogP contribution >= 0.6 is 0 Å². The van der Waals surface area contributed by atoms with Gasteiger partial charge in [-0.3, -0.25) is 4.79 Å². The van der Waals surface area contributed by atoms with E-state index in [9.17, 15) is 13.2 Å². The zero-order valence-electron chi connectivity index (χ0n) is 10.9. The topological polar surface area (TPSA) is 83.5 Å². The molecule has 0 heterocycles. The average molecular weight is 277 g/mol. The molecule has 0 aliphatic heterocycles. The molecule has 6 heteroatoms. The lowest BCUT2D eigenvalue weighted by molar-refractivity contribution is -0.139. The summed E-state index contributed by atoms with van der Waals surface area (Å²) >= 11 is 0. The number of aliphatic carboxylic acids is 1. The SMILES string of the molecule is CCCC(NS(=O)(=O)CCC1CCCC1)C(=O)O. The highest BCUT2D eigenvalue weighted by Gasteiger charge is 2.24. The van der Waals surface area contributed by atoms with E-state index in [1.165, 1.54) is 12.8 Å². The Balaban J connectivity index is 2.43. The summed E-state index contributed by atoms with van der Waals surface area (Å²) < 4.78 is 25.9. The fourth-order valence-corrected chi connectivity index (χ4v) is 3.83. The number of carboxylic acids is 1. The molecule has 1 atom stereocenters. The summed E-state index contributed by atoms with van der Waals surface area (Å²) in [5.74, 6) is -0.553. The van der Waals surface area contributed by atoms with E-state index in [1.807, 2.05) is 6.92 Å². The van der Waals surface area contributed by atoms with Crippen LogP contribution in [0.1, 0.15) is 51.9 Å². The lowest BCUT2D eigenvalue weighted by atomic mass is 10.1. The van der Waals surface area contributed by atoms with Gasteiger partial charge >= 0.3 is 5.97 Å². The van der Waals surface area contributed by atoms with Crippen molar-refractivity contribution in [1.29, 1.82) is 0 Å². The standard InChI is InChI=1S/C12H23NO4S/c1-2-5-11(12(14)15)13-18(16,17)9-8-10-6-3-4-7-10/h10-11,13H,2-9H2,1H3,(H,14,15). The Morgan fingerprint density at radius 3 is 2.50 bits per heavy atom. The van der Waals surface area contributed by atoms with Crippen molar-refractivity contribution in [2.75, 3.05) is 5.75 Å². The molecule has 1 aliphatic rings. The third kappa shape index (κ3) is 5.35. The van der Waals surface area contributed by atoms with Gasteiger partial charge in [0.2, 0.25) is 10.0 Å². The molecule has 1 rings (SSSR count). The second-order valence-electron chi connectivity index (χ2n) is 5.06. The summed E-state index contributed by atoms with van der Waals surface area (Å²) in [6.45, 7) is 1.84. The molecule has 0 aromatic carbocycles. The molecule has 2 N–H and O–H groups in total. The Labute approximate surface area is 109 Å². The second-order valence-corrected chi connectivity index (χ2v) is 6.93. The van der Waals surface area contributed by atoms with Gasteiger partial charge in [-0.2, -0.15) is 0 Å². The number of nitrogens with one attached hydrogen (secondary N) is 1. The van der Waals surface area contributed by atoms with Crippen LogP contribution in [0.25, 0.3) is 0 Å². The number of carbonyl (C=O) groups is 1. The van der Waals surface area contributed by atoms with Gasteiger partial charge in [-0.05, 0) is 18.8 Å². The van der Waals surface area contributed by atoms with E-state index in [0.717, 1.165) is 12.8 Å².